The third-order valence-electron chi connectivity index (χ3n) is 6.68. The van der Waals surface area contributed by atoms with Crippen LogP contribution in [-0.2, 0) is 17.4 Å². The van der Waals surface area contributed by atoms with E-state index in [4.69, 9.17) is 0 Å². The number of aryl methyl sites for hydroxylation is 1. The summed E-state index contributed by atoms with van der Waals surface area (Å²) < 4.78 is 0. The molecule has 2 aromatic rings. The Balaban J connectivity index is 1.83. The third kappa shape index (κ3) is 2.29. The van der Waals surface area contributed by atoms with Crippen molar-refractivity contribution in [2.45, 2.75) is 62.6 Å². The number of aromatic hydroxyl groups is 1. The summed E-state index contributed by atoms with van der Waals surface area (Å²) in [7, 11) is 0. The Labute approximate surface area is 152 Å². The molecular formula is C20H25NO3S. The highest BCUT2D eigenvalue weighted by Gasteiger charge is 2.61. The smallest absolute Gasteiger partial charge is 0.144 e. The summed E-state index contributed by atoms with van der Waals surface area (Å²) in [4.78, 5) is 4.32. The van der Waals surface area contributed by atoms with E-state index in [9.17, 15) is 15.3 Å². The quantitative estimate of drug-likeness (QED) is 0.767. The minimum atomic E-state index is -1.31. The maximum Gasteiger partial charge on any atom is 0.144 e. The van der Waals surface area contributed by atoms with Crippen molar-refractivity contribution >= 4 is 11.3 Å². The molecule has 4 atom stereocenters. The number of fused-ring (bicyclic) bond motifs is 3. The van der Waals surface area contributed by atoms with Crippen molar-refractivity contribution in [1.29, 1.82) is 0 Å². The van der Waals surface area contributed by atoms with Crippen LogP contribution >= 0.6 is 11.3 Å². The minimum absolute atomic E-state index is 0.172. The van der Waals surface area contributed by atoms with Gasteiger partial charge in [0.25, 0.3) is 0 Å². The van der Waals surface area contributed by atoms with Crippen LogP contribution in [0.15, 0.2) is 29.8 Å². The van der Waals surface area contributed by atoms with Crippen molar-refractivity contribution < 1.29 is 15.3 Å². The fourth-order valence-electron chi connectivity index (χ4n) is 5.32. The van der Waals surface area contributed by atoms with Gasteiger partial charge in [0.1, 0.15) is 16.4 Å². The van der Waals surface area contributed by atoms with Gasteiger partial charge in [-0.15, -0.1) is 11.3 Å². The van der Waals surface area contributed by atoms with E-state index in [0.29, 0.717) is 23.6 Å². The molecule has 25 heavy (non-hydrogen) atoms. The van der Waals surface area contributed by atoms with Gasteiger partial charge in [0.15, 0.2) is 0 Å². The van der Waals surface area contributed by atoms with Crippen LogP contribution in [0.1, 0.15) is 55.7 Å². The molecule has 1 fully saturated rings. The molecule has 3 unspecified atom stereocenters. The molecule has 0 amide bonds. The lowest BCUT2D eigenvalue weighted by Crippen LogP contribution is -2.62. The molecule has 0 saturated heterocycles. The lowest BCUT2D eigenvalue weighted by Gasteiger charge is -2.58. The Morgan fingerprint density at radius 1 is 1.32 bits per heavy atom. The highest BCUT2D eigenvalue weighted by atomic mass is 32.1. The first-order chi connectivity index (χ1) is 11.8. The van der Waals surface area contributed by atoms with Gasteiger partial charge in [-0.2, -0.15) is 0 Å². The summed E-state index contributed by atoms with van der Waals surface area (Å²) in [6.45, 7) is 3.91. The van der Waals surface area contributed by atoms with Gasteiger partial charge in [-0.25, -0.2) is 4.98 Å². The number of rotatable bonds is 2. The summed E-state index contributed by atoms with van der Waals surface area (Å²) in [5, 5.41) is 35.1. The molecule has 1 aromatic carbocycles. The van der Waals surface area contributed by atoms with Gasteiger partial charge in [-0.3, -0.25) is 0 Å². The van der Waals surface area contributed by atoms with E-state index in [1.807, 2.05) is 17.5 Å². The van der Waals surface area contributed by atoms with Gasteiger partial charge in [0, 0.05) is 17.0 Å². The van der Waals surface area contributed by atoms with E-state index < -0.39 is 11.2 Å². The van der Waals surface area contributed by atoms with E-state index in [0.717, 1.165) is 19.3 Å². The van der Waals surface area contributed by atoms with Gasteiger partial charge in [-0.1, -0.05) is 13.0 Å². The number of phenols is 1. The molecule has 1 aromatic heterocycles. The zero-order valence-electron chi connectivity index (χ0n) is 14.7. The molecule has 0 spiro atoms. The summed E-state index contributed by atoms with van der Waals surface area (Å²) in [6.07, 6.45) is 5.45. The number of hydrogen-bond donors (Lipinski definition) is 3. The van der Waals surface area contributed by atoms with Crippen molar-refractivity contribution in [1.82, 2.24) is 4.98 Å². The first-order valence-electron chi connectivity index (χ1n) is 8.99. The molecule has 1 heterocycles. The SMILES string of the molecule is CCC12C[C@@](C)(O)C(O)(c3nccs3)CC1CCc1cc(O)ccc12. The van der Waals surface area contributed by atoms with Crippen molar-refractivity contribution in [3.63, 3.8) is 0 Å². The average Bonchev–Trinajstić information content (AvgIpc) is 3.10. The maximum atomic E-state index is 11.5. The standard InChI is InChI=1S/C20H25NO3S/c1-3-19-12-18(2,23)20(24,17-21-8-9-25-17)11-14(19)5-4-13-10-15(22)6-7-16(13)19/h6-10,14,22-24H,3-5,11-12H2,1-2H3/t14?,18-,19?,20?/m1/s1. The number of benzene rings is 1. The van der Waals surface area contributed by atoms with Crippen LogP contribution < -0.4 is 0 Å². The minimum Gasteiger partial charge on any atom is -0.508 e. The number of phenolic OH excluding ortho intramolecular Hbond substituents is 1. The molecule has 0 aliphatic heterocycles. The Morgan fingerprint density at radius 2 is 2.12 bits per heavy atom. The second kappa shape index (κ2) is 5.53. The lowest BCUT2D eigenvalue weighted by molar-refractivity contribution is -0.205. The average molecular weight is 359 g/mol. The first-order valence-corrected chi connectivity index (χ1v) is 9.87. The van der Waals surface area contributed by atoms with Crippen molar-refractivity contribution in [3.8, 4) is 5.75 Å². The normalized spacial score (nSPS) is 37.4. The van der Waals surface area contributed by atoms with Gasteiger partial charge in [-0.05, 0) is 68.2 Å². The molecule has 4 nitrogen and oxygen atoms in total. The van der Waals surface area contributed by atoms with Crippen molar-refractivity contribution in [2.75, 3.05) is 0 Å². The first kappa shape index (κ1) is 17.0. The topological polar surface area (TPSA) is 73.6 Å². The molecule has 0 radical (unpaired) electrons. The zero-order valence-corrected chi connectivity index (χ0v) is 15.5. The van der Waals surface area contributed by atoms with Crippen molar-refractivity contribution in [3.05, 3.63) is 45.9 Å². The van der Waals surface area contributed by atoms with Crippen LogP contribution in [0.5, 0.6) is 5.75 Å². The van der Waals surface area contributed by atoms with Gasteiger partial charge >= 0.3 is 0 Å². The molecule has 1 saturated carbocycles. The second-order valence-electron chi connectivity index (χ2n) is 7.94. The van der Waals surface area contributed by atoms with Crippen LogP contribution in [0.25, 0.3) is 0 Å². The summed E-state index contributed by atoms with van der Waals surface area (Å²) in [5.74, 6) is 0.578. The van der Waals surface area contributed by atoms with E-state index >= 15 is 0 Å². The predicted molar refractivity (Wildman–Crippen MR) is 97.8 cm³/mol. The van der Waals surface area contributed by atoms with Crippen LogP contribution in [0.2, 0.25) is 0 Å². The number of aliphatic hydroxyl groups is 2. The Morgan fingerprint density at radius 3 is 2.80 bits per heavy atom. The Kier molecular flexibility index (Phi) is 3.76. The summed E-state index contributed by atoms with van der Waals surface area (Å²) in [6, 6.07) is 5.62. The predicted octanol–water partition coefficient (Wildman–Crippen LogP) is 3.49. The molecule has 4 rings (SSSR count). The lowest BCUT2D eigenvalue weighted by atomic mass is 9.49. The van der Waals surface area contributed by atoms with Gasteiger partial charge in [0.2, 0.25) is 0 Å². The largest absolute Gasteiger partial charge is 0.508 e. The summed E-state index contributed by atoms with van der Waals surface area (Å²) in [5.41, 5.74) is -0.337. The second-order valence-corrected chi connectivity index (χ2v) is 8.83. The third-order valence-corrected chi connectivity index (χ3v) is 7.60. The van der Waals surface area contributed by atoms with Crippen LogP contribution in [-0.4, -0.2) is 25.9 Å². The molecule has 134 valence electrons. The van der Waals surface area contributed by atoms with E-state index in [1.54, 1.807) is 19.2 Å². The Hall–Kier alpha value is -1.43. The number of thiazole rings is 1. The molecule has 3 N–H and O–H groups in total. The monoisotopic (exact) mass is 359 g/mol. The highest BCUT2D eigenvalue weighted by molar-refractivity contribution is 7.09. The summed E-state index contributed by atoms with van der Waals surface area (Å²) >= 11 is 1.41. The number of aromatic nitrogens is 1. The van der Waals surface area contributed by atoms with E-state index in [1.165, 1.54) is 22.5 Å². The zero-order chi connectivity index (χ0) is 17.9. The fourth-order valence-corrected chi connectivity index (χ4v) is 6.19. The van der Waals surface area contributed by atoms with Gasteiger partial charge in [0.05, 0.1) is 5.60 Å². The molecule has 0 bridgehead atoms. The van der Waals surface area contributed by atoms with E-state index in [2.05, 4.69) is 11.9 Å². The van der Waals surface area contributed by atoms with Crippen LogP contribution in [0, 0.1) is 5.92 Å². The van der Waals surface area contributed by atoms with Crippen LogP contribution in [0.4, 0.5) is 0 Å². The maximum absolute atomic E-state index is 11.5. The van der Waals surface area contributed by atoms with E-state index in [-0.39, 0.29) is 11.3 Å². The molecule has 2 aliphatic carbocycles. The molecule has 5 heteroatoms. The Bertz CT molecular complexity index is 788. The number of nitrogens with zero attached hydrogens (tertiary/aromatic N) is 1. The van der Waals surface area contributed by atoms with Gasteiger partial charge < -0.3 is 15.3 Å². The molecular weight excluding hydrogens is 334 g/mol. The number of hydrogen-bond acceptors (Lipinski definition) is 5. The van der Waals surface area contributed by atoms with Crippen molar-refractivity contribution in [2.24, 2.45) is 5.92 Å². The van der Waals surface area contributed by atoms with Crippen LogP contribution in [0.3, 0.4) is 0 Å². The highest BCUT2D eigenvalue weighted by Crippen LogP contribution is 2.60. The molecule has 2 aliphatic rings. The fraction of sp³-hybridized carbons (Fsp3) is 0.550.